The molecule has 0 aromatic heterocycles. The Balaban J connectivity index is 2.00. The summed E-state index contributed by atoms with van der Waals surface area (Å²) in [7, 11) is 1.88. The van der Waals surface area contributed by atoms with Gasteiger partial charge < -0.3 is 15.5 Å². The van der Waals surface area contributed by atoms with E-state index in [1.165, 1.54) is 0 Å². The first-order valence-electron chi connectivity index (χ1n) is 5.66. The van der Waals surface area contributed by atoms with Crippen LogP contribution in [0, 0.1) is 0 Å². The van der Waals surface area contributed by atoms with E-state index >= 15 is 0 Å². The van der Waals surface area contributed by atoms with E-state index in [0.717, 1.165) is 18.7 Å². The molecule has 2 N–H and O–H groups in total. The highest BCUT2D eigenvalue weighted by molar-refractivity contribution is 6.30. The summed E-state index contributed by atoms with van der Waals surface area (Å²) in [5.41, 5.74) is 1.09. The molecule has 1 fully saturated rings. The normalized spacial score (nSPS) is 19.5. The second-order valence-electron chi connectivity index (χ2n) is 4.10. The van der Waals surface area contributed by atoms with Crippen molar-refractivity contribution in [3.8, 4) is 0 Å². The van der Waals surface area contributed by atoms with E-state index in [1.807, 2.05) is 36.2 Å². The monoisotopic (exact) mass is 253 g/mol. The Morgan fingerprint density at radius 1 is 1.47 bits per heavy atom. The number of nitrogens with one attached hydrogen (secondary N) is 2. The van der Waals surface area contributed by atoms with Crippen LogP contribution in [-0.2, 0) is 0 Å². The molecule has 2 amide bonds. The second kappa shape index (κ2) is 5.38. The van der Waals surface area contributed by atoms with Crippen molar-refractivity contribution < 1.29 is 4.79 Å². The van der Waals surface area contributed by atoms with Gasteiger partial charge in [0, 0.05) is 24.7 Å². The third kappa shape index (κ3) is 2.90. The first-order valence-corrected chi connectivity index (χ1v) is 6.04. The standard InChI is InChI=1S/C12H16ClN3O/c1-14-6-7-16-8-11(15-12(16)17)9-2-4-10(13)5-3-9/h2-5,11,14H,6-8H2,1H3,(H,15,17). The fourth-order valence-electron chi connectivity index (χ4n) is 1.91. The van der Waals surface area contributed by atoms with Crippen molar-refractivity contribution in [2.75, 3.05) is 26.7 Å². The number of halogens is 1. The fraction of sp³-hybridized carbons (Fsp3) is 0.417. The van der Waals surface area contributed by atoms with Gasteiger partial charge in [0.2, 0.25) is 0 Å². The third-order valence-electron chi connectivity index (χ3n) is 2.89. The third-order valence-corrected chi connectivity index (χ3v) is 3.14. The molecule has 0 spiro atoms. The largest absolute Gasteiger partial charge is 0.329 e. The van der Waals surface area contributed by atoms with Crippen molar-refractivity contribution in [1.29, 1.82) is 0 Å². The lowest BCUT2D eigenvalue weighted by molar-refractivity contribution is 0.218. The van der Waals surface area contributed by atoms with E-state index in [0.29, 0.717) is 11.6 Å². The van der Waals surface area contributed by atoms with Crippen LogP contribution >= 0.6 is 11.6 Å². The molecule has 1 aliphatic rings. The second-order valence-corrected chi connectivity index (χ2v) is 4.54. The van der Waals surface area contributed by atoms with E-state index < -0.39 is 0 Å². The molecular formula is C12H16ClN3O. The van der Waals surface area contributed by atoms with Crippen LogP contribution in [0.2, 0.25) is 5.02 Å². The fourth-order valence-corrected chi connectivity index (χ4v) is 2.04. The molecule has 2 rings (SSSR count). The Kier molecular flexibility index (Phi) is 3.86. The molecule has 1 aliphatic heterocycles. The molecule has 1 unspecified atom stereocenters. The number of amides is 2. The smallest absolute Gasteiger partial charge is 0.318 e. The number of likely N-dealkylation sites (N-methyl/N-ethyl adjacent to an activating group) is 1. The molecule has 0 bridgehead atoms. The van der Waals surface area contributed by atoms with Gasteiger partial charge in [-0.1, -0.05) is 23.7 Å². The van der Waals surface area contributed by atoms with Gasteiger partial charge in [0.1, 0.15) is 0 Å². The number of carbonyl (C=O) groups excluding carboxylic acids is 1. The van der Waals surface area contributed by atoms with Crippen molar-refractivity contribution >= 4 is 17.6 Å². The van der Waals surface area contributed by atoms with Gasteiger partial charge in [0.15, 0.2) is 0 Å². The average Bonchev–Trinajstić information content (AvgIpc) is 2.69. The minimum absolute atomic E-state index is 0.000185. The van der Waals surface area contributed by atoms with Crippen molar-refractivity contribution in [2.45, 2.75) is 6.04 Å². The SMILES string of the molecule is CNCCN1CC(c2ccc(Cl)cc2)NC1=O. The molecule has 92 valence electrons. The molecule has 1 atom stereocenters. The number of urea groups is 1. The number of hydrogen-bond donors (Lipinski definition) is 2. The summed E-state index contributed by atoms with van der Waals surface area (Å²) in [6, 6.07) is 7.67. The lowest BCUT2D eigenvalue weighted by Gasteiger charge is -2.14. The van der Waals surface area contributed by atoms with Crippen molar-refractivity contribution in [3.63, 3.8) is 0 Å². The molecule has 5 heteroatoms. The van der Waals surface area contributed by atoms with Crippen LogP contribution in [0.4, 0.5) is 4.79 Å². The summed E-state index contributed by atoms with van der Waals surface area (Å²) in [5, 5.41) is 6.72. The Labute approximate surface area is 106 Å². The van der Waals surface area contributed by atoms with E-state index in [-0.39, 0.29) is 12.1 Å². The van der Waals surface area contributed by atoms with Crippen molar-refractivity contribution in [1.82, 2.24) is 15.5 Å². The summed E-state index contributed by atoms with van der Waals surface area (Å²) in [4.78, 5) is 13.5. The lowest BCUT2D eigenvalue weighted by Crippen LogP contribution is -2.33. The molecule has 0 aliphatic carbocycles. The number of benzene rings is 1. The molecule has 0 saturated carbocycles. The zero-order valence-electron chi connectivity index (χ0n) is 9.74. The van der Waals surface area contributed by atoms with Gasteiger partial charge >= 0.3 is 6.03 Å². The zero-order valence-corrected chi connectivity index (χ0v) is 10.5. The molecular weight excluding hydrogens is 238 g/mol. The molecule has 1 aromatic rings. The summed E-state index contributed by atoms with van der Waals surface area (Å²) >= 11 is 5.84. The van der Waals surface area contributed by atoms with Gasteiger partial charge in [0.05, 0.1) is 6.04 Å². The van der Waals surface area contributed by atoms with Gasteiger partial charge in [-0.05, 0) is 24.7 Å². The zero-order chi connectivity index (χ0) is 12.3. The minimum atomic E-state index is 0.000185. The van der Waals surface area contributed by atoms with E-state index in [2.05, 4.69) is 10.6 Å². The highest BCUT2D eigenvalue weighted by atomic mass is 35.5. The first-order chi connectivity index (χ1) is 8.20. The van der Waals surface area contributed by atoms with Gasteiger partial charge in [-0.2, -0.15) is 0 Å². The van der Waals surface area contributed by atoms with Crippen LogP contribution in [0.1, 0.15) is 11.6 Å². The maximum Gasteiger partial charge on any atom is 0.318 e. The van der Waals surface area contributed by atoms with Crippen LogP contribution < -0.4 is 10.6 Å². The molecule has 1 heterocycles. The number of carbonyl (C=O) groups is 1. The number of nitrogens with zero attached hydrogens (tertiary/aromatic N) is 1. The van der Waals surface area contributed by atoms with Crippen LogP contribution in [-0.4, -0.2) is 37.6 Å². The predicted octanol–water partition coefficient (Wildman–Crippen LogP) is 1.63. The topological polar surface area (TPSA) is 44.4 Å². The van der Waals surface area contributed by atoms with E-state index in [4.69, 9.17) is 11.6 Å². The van der Waals surface area contributed by atoms with E-state index in [9.17, 15) is 4.79 Å². The van der Waals surface area contributed by atoms with Crippen LogP contribution in [0.25, 0.3) is 0 Å². The Morgan fingerprint density at radius 2 is 2.18 bits per heavy atom. The Bertz CT molecular complexity index is 393. The average molecular weight is 254 g/mol. The summed E-state index contributed by atoms with van der Waals surface area (Å²) in [5.74, 6) is 0. The van der Waals surface area contributed by atoms with Crippen LogP contribution in [0.15, 0.2) is 24.3 Å². The Morgan fingerprint density at radius 3 is 2.82 bits per heavy atom. The summed E-state index contributed by atoms with van der Waals surface area (Å²) in [6.07, 6.45) is 0. The van der Waals surface area contributed by atoms with Gasteiger partial charge in [-0.3, -0.25) is 0 Å². The maximum absolute atomic E-state index is 11.7. The van der Waals surface area contributed by atoms with Gasteiger partial charge in [0.25, 0.3) is 0 Å². The van der Waals surface area contributed by atoms with Crippen LogP contribution in [0.5, 0.6) is 0 Å². The highest BCUT2D eigenvalue weighted by Gasteiger charge is 2.28. The van der Waals surface area contributed by atoms with Crippen molar-refractivity contribution in [2.24, 2.45) is 0 Å². The van der Waals surface area contributed by atoms with Crippen LogP contribution in [0.3, 0.4) is 0 Å². The Hall–Kier alpha value is -1.26. The maximum atomic E-state index is 11.7. The number of hydrogen-bond acceptors (Lipinski definition) is 2. The minimum Gasteiger partial charge on any atom is -0.329 e. The molecule has 0 radical (unpaired) electrons. The van der Waals surface area contributed by atoms with Gasteiger partial charge in [-0.25, -0.2) is 4.79 Å². The summed E-state index contributed by atoms with van der Waals surface area (Å²) < 4.78 is 0. The molecule has 1 aromatic carbocycles. The van der Waals surface area contributed by atoms with Crippen molar-refractivity contribution in [3.05, 3.63) is 34.9 Å². The lowest BCUT2D eigenvalue weighted by atomic mass is 10.1. The van der Waals surface area contributed by atoms with E-state index in [1.54, 1.807) is 0 Å². The van der Waals surface area contributed by atoms with Gasteiger partial charge in [-0.15, -0.1) is 0 Å². The molecule has 17 heavy (non-hydrogen) atoms. The first kappa shape index (κ1) is 12.2. The summed E-state index contributed by atoms with van der Waals surface area (Å²) in [6.45, 7) is 2.25. The molecule has 1 saturated heterocycles. The quantitative estimate of drug-likeness (QED) is 0.857. The molecule has 4 nitrogen and oxygen atoms in total. The highest BCUT2D eigenvalue weighted by Crippen LogP contribution is 2.21. The predicted molar refractivity (Wildman–Crippen MR) is 68.2 cm³/mol. The number of rotatable bonds is 4.